The van der Waals surface area contributed by atoms with Crippen LogP contribution in [0.1, 0.15) is 0 Å². The summed E-state index contributed by atoms with van der Waals surface area (Å²) in [6.45, 7) is 0. The third-order valence-electron chi connectivity index (χ3n) is 0.430. The number of hydrogen-bond acceptors (Lipinski definition) is 5. The van der Waals surface area contributed by atoms with E-state index in [1.165, 1.54) is 11.3 Å². The molecule has 0 aliphatic carbocycles. The minimum absolute atomic E-state index is 0. The summed E-state index contributed by atoms with van der Waals surface area (Å²) in [6, 6.07) is 0. The van der Waals surface area contributed by atoms with Crippen molar-refractivity contribution >= 4 is 58.7 Å². The molecule has 0 saturated heterocycles. The molecule has 2 N–H and O–H groups in total. The van der Waals surface area contributed by atoms with Crippen LogP contribution in [0, 0.1) is 0 Å². The first-order chi connectivity index (χ1) is 3.29. The van der Waals surface area contributed by atoms with Crippen molar-refractivity contribution in [1.82, 2.24) is 10.2 Å². The maximum atomic E-state index is 5.17. The van der Waals surface area contributed by atoms with Crippen LogP contribution in [0.2, 0.25) is 0 Å². The molecular formula is C2H4N3NaS2. The molecule has 6 heteroatoms. The Hall–Kier alpha value is 0.710. The van der Waals surface area contributed by atoms with E-state index in [9.17, 15) is 0 Å². The molecule has 0 spiro atoms. The summed E-state index contributed by atoms with van der Waals surface area (Å²) in [5, 5.41) is 7.47. The Labute approximate surface area is 78.4 Å². The Morgan fingerprint density at radius 3 is 2.25 bits per heavy atom. The van der Waals surface area contributed by atoms with Crippen LogP contribution in [0.25, 0.3) is 0 Å². The van der Waals surface area contributed by atoms with Crippen molar-refractivity contribution in [1.29, 1.82) is 0 Å². The van der Waals surface area contributed by atoms with Gasteiger partial charge in [0.05, 0.1) is 0 Å². The summed E-state index contributed by atoms with van der Waals surface area (Å²) in [7, 11) is 0. The topological polar surface area (TPSA) is 51.8 Å². The number of nitrogens with two attached hydrogens (primary N) is 1. The van der Waals surface area contributed by atoms with Gasteiger partial charge in [-0.1, -0.05) is 11.3 Å². The van der Waals surface area contributed by atoms with Gasteiger partial charge in [-0.25, -0.2) is 0 Å². The van der Waals surface area contributed by atoms with Crippen molar-refractivity contribution in [2.75, 3.05) is 5.73 Å². The third-order valence-corrected chi connectivity index (χ3v) is 1.35. The van der Waals surface area contributed by atoms with Crippen LogP contribution in [0.15, 0.2) is 4.34 Å². The zero-order valence-corrected chi connectivity index (χ0v) is 5.04. The first-order valence-electron chi connectivity index (χ1n) is 1.57. The van der Waals surface area contributed by atoms with Crippen LogP contribution in [0.3, 0.4) is 0 Å². The van der Waals surface area contributed by atoms with E-state index >= 15 is 0 Å². The molecule has 0 radical (unpaired) electrons. The predicted molar refractivity (Wildman–Crippen MR) is 38.7 cm³/mol. The molecule has 1 heterocycles. The van der Waals surface area contributed by atoms with Gasteiger partial charge < -0.3 is 5.73 Å². The van der Waals surface area contributed by atoms with E-state index in [2.05, 4.69) is 22.8 Å². The second kappa shape index (κ2) is 3.68. The summed E-state index contributed by atoms with van der Waals surface area (Å²) in [5.74, 6) is 0. The summed E-state index contributed by atoms with van der Waals surface area (Å²) in [5.41, 5.74) is 5.17. The van der Waals surface area contributed by atoms with Gasteiger partial charge in [0.2, 0.25) is 5.13 Å². The molecule has 8 heavy (non-hydrogen) atoms. The van der Waals surface area contributed by atoms with Gasteiger partial charge in [0.15, 0.2) is 4.34 Å². The molecule has 1 rings (SSSR count). The Bertz CT molecular complexity index is 148. The molecule has 1 aromatic rings. The number of aromatic nitrogens is 2. The number of thiol groups is 1. The van der Waals surface area contributed by atoms with Gasteiger partial charge in [0.25, 0.3) is 0 Å². The van der Waals surface area contributed by atoms with Crippen LogP contribution in [0.5, 0.6) is 0 Å². The zero-order chi connectivity index (χ0) is 5.28. The maximum absolute atomic E-state index is 5.17. The zero-order valence-electron chi connectivity index (χ0n) is 3.33. The van der Waals surface area contributed by atoms with Crippen LogP contribution < -0.4 is 5.73 Å². The standard InChI is InChI=1S/C2H3N3S2.Na.H/c3-1-4-5-2(6)7-1;;/h(H2,3,4)(H,5,6);;. The van der Waals surface area contributed by atoms with Crippen LogP contribution in [-0.2, 0) is 0 Å². The molecule has 0 atom stereocenters. The second-order valence-electron chi connectivity index (χ2n) is 0.923. The van der Waals surface area contributed by atoms with Crippen molar-refractivity contribution in [3.63, 3.8) is 0 Å². The average molecular weight is 157 g/mol. The number of nitrogens with zero attached hydrogens (tertiary/aromatic N) is 2. The first-order valence-corrected chi connectivity index (χ1v) is 2.83. The molecular weight excluding hydrogens is 153 g/mol. The molecule has 0 fully saturated rings. The number of rotatable bonds is 0. The molecule has 0 aromatic carbocycles. The molecule has 0 unspecified atom stereocenters. The molecule has 0 bridgehead atoms. The first kappa shape index (κ1) is 8.71. The van der Waals surface area contributed by atoms with Gasteiger partial charge in [-0.3, -0.25) is 0 Å². The fourth-order valence-electron chi connectivity index (χ4n) is 0.226. The Balaban J connectivity index is 0.000000490. The summed E-state index contributed by atoms with van der Waals surface area (Å²) < 4.78 is 0.609. The van der Waals surface area contributed by atoms with Crippen molar-refractivity contribution in [3.8, 4) is 0 Å². The SMILES string of the molecule is Nc1nnc(S)s1.[NaH]. The Morgan fingerprint density at radius 2 is 2.12 bits per heavy atom. The fraction of sp³-hybridized carbons (Fsp3) is 0. The minimum atomic E-state index is 0. The molecule has 40 valence electrons. The predicted octanol–water partition coefficient (Wildman–Crippen LogP) is -0.240. The summed E-state index contributed by atoms with van der Waals surface area (Å²) in [6.07, 6.45) is 0. The molecule has 0 aliphatic heterocycles. The van der Waals surface area contributed by atoms with E-state index in [-0.39, 0.29) is 29.6 Å². The van der Waals surface area contributed by atoms with Crippen LogP contribution in [-0.4, -0.2) is 39.8 Å². The van der Waals surface area contributed by atoms with Gasteiger partial charge in [-0.15, -0.1) is 22.8 Å². The monoisotopic (exact) mass is 157 g/mol. The van der Waals surface area contributed by atoms with Crippen LogP contribution >= 0.6 is 24.0 Å². The van der Waals surface area contributed by atoms with E-state index in [0.717, 1.165) is 0 Å². The Kier molecular flexibility index (Phi) is 4.01. The summed E-state index contributed by atoms with van der Waals surface area (Å²) >= 11 is 5.13. The molecule has 1 aromatic heterocycles. The molecule has 0 saturated carbocycles. The van der Waals surface area contributed by atoms with Gasteiger partial charge in [0, 0.05) is 0 Å². The molecule has 0 amide bonds. The number of hydrogen-bond donors (Lipinski definition) is 2. The average Bonchev–Trinajstić information content (AvgIpc) is 1.87. The van der Waals surface area contributed by atoms with Crippen molar-refractivity contribution in [3.05, 3.63) is 0 Å². The third kappa shape index (κ3) is 2.32. The quantitative estimate of drug-likeness (QED) is 0.403. The van der Waals surface area contributed by atoms with Gasteiger partial charge >= 0.3 is 29.6 Å². The van der Waals surface area contributed by atoms with E-state index in [1.807, 2.05) is 0 Å². The normalized spacial score (nSPS) is 8.12. The Morgan fingerprint density at radius 1 is 1.50 bits per heavy atom. The van der Waals surface area contributed by atoms with Crippen molar-refractivity contribution in [2.45, 2.75) is 4.34 Å². The van der Waals surface area contributed by atoms with Gasteiger partial charge in [-0.2, -0.15) is 0 Å². The number of nitrogen functional groups attached to an aromatic ring is 1. The van der Waals surface area contributed by atoms with Crippen LogP contribution in [0.4, 0.5) is 5.13 Å². The fourth-order valence-corrected chi connectivity index (χ4v) is 0.902. The second-order valence-corrected chi connectivity index (χ2v) is 2.66. The van der Waals surface area contributed by atoms with E-state index in [0.29, 0.717) is 9.47 Å². The molecule has 0 aliphatic rings. The van der Waals surface area contributed by atoms with Crippen molar-refractivity contribution < 1.29 is 0 Å². The van der Waals surface area contributed by atoms with Gasteiger partial charge in [0.1, 0.15) is 0 Å². The van der Waals surface area contributed by atoms with E-state index < -0.39 is 0 Å². The van der Waals surface area contributed by atoms with E-state index in [1.54, 1.807) is 0 Å². The van der Waals surface area contributed by atoms with Crippen molar-refractivity contribution in [2.24, 2.45) is 0 Å². The molecule has 3 nitrogen and oxygen atoms in total. The van der Waals surface area contributed by atoms with E-state index in [4.69, 9.17) is 5.73 Å². The number of anilines is 1. The summed E-state index contributed by atoms with van der Waals surface area (Å²) in [4.78, 5) is 0. The van der Waals surface area contributed by atoms with Gasteiger partial charge in [-0.05, 0) is 0 Å².